The third-order valence-corrected chi connectivity index (χ3v) is 2.68. The molecule has 0 aliphatic carbocycles. The summed E-state index contributed by atoms with van der Waals surface area (Å²) in [5.74, 6) is 0. The molecule has 0 aliphatic heterocycles. The zero-order valence-electron chi connectivity index (χ0n) is 10.5. The summed E-state index contributed by atoms with van der Waals surface area (Å²) in [5.41, 5.74) is 1.89. The average Bonchev–Trinajstić information content (AvgIpc) is 3.14. The molecule has 0 spiro atoms. The Morgan fingerprint density at radius 1 is 0.842 bits per heavy atom. The van der Waals surface area contributed by atoms with Gasteiger partial charge >= 0.3 is 0 Å². The van der Waals surface area contributed by atoms with Gasteiger partial charge in [-0.05, 0) is 5.56 Å². The normalized spacial score (nSPS) is 10.8. The molecule has 0 aromatic heterocycles. The molecule has 2 heteroatoms. The van der Waals surface area contributed by atoms with Gasteiger partial charge in [0.15, 0.2) is 0 Å². The van der Waals surface area contributed by atoms with E-state index in [0.29, 0.717) is 0 Å². The van der Waals surface area contributed by atoms with E-state index in [1.54, 1.807) is 0 Å². The van der Waals surface area contributed by atoms with Crippen molar-refractivity contribution in [2.75, 3.05) is 0 Å². The van der Waals surface area contributed by atoms with Gasteiger partial charge in [0.2, 0.25) is 0 Å². The molecule has 1 unspecified atom stereocenters. The van der Waals surface area contributed by atoms with Crippen LogP contribution in [0.2, 0.25) is 0 Å². The van der Waals surface area contributed by atoms with Crippen molar-refractivity contribution in [3.8, 4) is 0 Å². The van der Waals surface area contributed by atoms with Gasteiger partial charge in [0.05, 0.1) is 6.10 Å². The van der Waals surface area contributed by atoms with Crippen molar-refractivity contribution < 1.29 is 22.2 Å². The van der Waals surface area contributed by atoms with Crippen LogP contribution in [0.1, 0.15) is 17.2 Å². The second-order valence-corrected chi connectivity index (χ2v) is 3.99. The second kappa shape index (κ2) is 8.49. The number of rotatable bonds is 2. The van der Waals surface area contributed by atoms with E-state index < -0.39 is 6.10 Å². The van der Waals surface area contributed by atoms with Crippen LogP contribution < -0.4 is 0 Å². The summed E-state index contributed by atoms with van der Waals surface area (Å²) in [6.45, 7) is 0. The van der Waals surface area contributed by atoms with Crippen LogP contribution in [0, 0.1) is 0 Å². The van der Waals surface area contributed by atoms with Crippen molar-refractivity contribution >= 4 is 0 Å². The van der Waals surface area contributed by atoms with Crippen molar-refractivity contribution in [3.63, 3.8) is 0 Å². The molecule has 3 aromatic carbocycles. The third-order valence-electron chi connectivity index (χ3n) is 2.68. The molecule has 0 aliphatic rings. The Hall–Kier alpha value is -1.60. The zero-order chi connectivity index (χ0) is 12.6. The standard InChI is InChI=1S/C12H11O.C5H5.Fe/c13-12(11-8-4-5-9-11)10-6-2-1-3-7-10;1-2-4-5-3-1;/h1-9,12-13H;1-5H;/q2*-1;. The first kappa shape index (κ1) is 15.5. The summed E-state index contributed by atoms with van der Waals surface area (Å²) in [4.78, 5) is 0. The summed E-state index contributed by atoms with van der Waals surface area (Å²) in [6, 6.07) is 27.4. The number of aliphatic hydroxyl groups is 1. The molecular weight excluding hydrogens is 276 g/mol. The Morgan fingerprint density at radius 2 is 1.42 bits per heavy atom. The Morgan fingerprint density at radius 3 is 1.89 bits per heavy atom. The van der Waals surface area contributed by atoms with E-state index in [4.69, 9.17) is 0 Å². The summed E-state index contributed by atoms with van der Waals surface area (Å²) < 4.78 is 0. The predicted octanol–water partition coefficient (Wildman–Crippen LogP) is 3.89. The fourth-order valence-electron chi connectivity index (χ4n) is 1.72. The maximum Gasteiger partial charge on any atom is 0.0602 e. The molecule has 0 saturated carbocycles. The van der Waals surface area contributed by atoms with Crippen LogP contribution >= 0.6 is 0 Å². The number of benzene rings is 1. The molecular formula is C17H16FeO-2. The molecule has 0 saturated heterocycles. The molecule has 1 N–H and O–H groups in total. The summed E-state index contributed by atoms with van der Waals surface area (Å²) in [6.07, 6.45) is -0.490. The molecule has 100 valence electrons. The molecule has 3 aromatic rings. The first-order chi connectivity index (χ1) is 8.88. The van der Waals surface area contributed by atoms with E-state index >= 15 is 0 Å². The minimum absolute atomic E-state index is 0. The molecule has 3 rings (SSSR count). The SMILES string of the molecule is OC(c1ccccc1)[c-]1cccc1.[Fe].c1cc[cH-]c1. The molecule has 0 heterocycles. The van der Waals surface area contributed by atoms with E-state index in [0.717, 1.165) is 11.1 Å². The van der Waals surface area contributed by atoms with Gasteiger partial charge in [-0.1, -0.05) is 30.3 Å². The van der Waals surface area contributed by atoms with Crippen molar-refractivity contribution in [2.24, 2.45) is 0 Å². The summed E-state index contributed by atoms with van der Waals surface area (Å²) >= 11 is 0. The van der Waals surface area contributed by atoms with Crippen LogP contribution in [-0.4, -0.2) is 5.11 Å². The zero-order valence-corrected chi connectivity index (χ0v) is 11.6. The van der Waals surface area contributed by atoms with E-state index in [9.17, 15) is 5.11 Å². The van der Waals surface area contributed by atoms with Crippen molar-refractivity contribution in [2.45, 2.75) is 6.10 Å². The molecule has 1 nitrogen and oxygen atoms in total. The van der Waals surface area contributed by atoms with Gasteiger partial charge < -0.3 is 5.11 Å². The van der Waals surface area contributed by atoms with E-state index in [2.05, 4.69) is 0 Å². The fourth-order valence-corrected chi connectivity index (χ4v) is 1.72. The van der Waals surface area contributed by atoms with E-state index in [1.165, 1.54) is 0 Å². The Bertz CT molecular complexity index is 494. The van der Waals surface area contributed by atoms with Gasteiger partial charge in [0.1, 0.15) is 0 Å². The molecule has 0 fully saturated rings. The first-order valence-electron chi connectivity index (χ1n) is 5.99. The Kier molecular flexibility index (Phi) is 6.91. The van der Waals surface area contributed by atoms with Crippen LogP contribution in [0.3, 0.4) is 0 Å². The first-order valence-corrected chi connectivity index (χ1v) is 5.99. The van der Waals surface area contributed by atoms with Crippen molar-refractivity contribution in [1.82, 2.24) is 0 Å². The maximum absolute atomic E-state index is 9.88. The largest absolute Gasteiger partial charge is 0.396 e. The predicted molar refractivity (Wildman–Crippen MR) is 74.6 cm³/mol. The number of hydrogen-bond acceptors (Lipinski definition) is 1. The average molecular weight is 292 g/mol. The van der Waals surface area contributed by atoms with Gasteiger partial charge in [-0.2, -0.15) is 30.3 Å². The van der Waals surface area contributed by atoms with Gasteiger partial charge in [-0.3, -0.25) is 0 Å². The molecule has 0 bridgehead atoms. The van der Waals surface area contributed by atoms with Crippen LogP contribution in [0.4, 0.5) is 0 Å². The summed E-state index contributed by atoms with van der Waals surface area (Å²) in [7, 11) is 0. The van der Waals surface area contributed by atoms with Crippen LogP contribution in [0.5, 0.6) is 0 Å². The fraction of sp³-hybridized carbons (Fsp3) is 0.0588. The van der Waals surface area contributed by atoms with Crippen LogP contribution in [-0.2, 0) is 17.1 Å². The second-order valence-electron chi connectivity index (χ2n) is 3.99. The van der Waals surface area contributed by atoms with Crippen molar-refractivity contribution in [1.29, 1.82) is 0 Å². The van der Waals surface area contributed by atoms with E-state index in [-0.39, 0.29) is 17.1 Å². The van der Waals surface area contributed by atoms with Crippen LogP contribution in [0.15, 0.2) is 84.9 Å². The summed E-state index contributed by atoms with van der Waals surface area (Å²) in [5, 5.41) is 9.88. The third kappa shape index (κ3) is 4.88. The smallest absolute Gasteiger partial charge is 0.0602 e. The minimum Gasteiger partial charge on any atom is -0.396 e. The van der Waals surface area contributed by atoms with Gasteiger partial charge in [0, 0.05) is 17.1 Å². The minimum atomic E-state index is -0.490. The topological polar surface area (TPSA) is 20.2 Å². The molecule has 1 atom stereocenters. The molecule has 0 amide bonds. The Balaban J connectivity index is 0.000000256. The molecule has 0 radical (unpaired) electrons. The molecule has 19 heavy (non-hydrogen) atoms. The van der Waals surface area contributed by atoms with Crippen molar-refractivity contribution in [3.05, 3.63) is 96.1 Å². The quantitative estimate of drug-likeness (QED) is 0.561. The number of aliphatic hydroxyl groups excluding tert-OH is 1. The van der Waals surface area contributed by atoms with Crippen LogP contribution in [0.25, 0.3) is 0 Å². The Labute approximate surface area is 124 Å². The van der Waals surface area contributed by atoms with Gasteiger partial charge in [0.25, 0.3) is 0 Å². The van der Waals surface area contributed by atoms with Gasteiger partial charge in [-0.25, -0.2) is 24.3 Å². The monoisotopic (exact) mass is 292 g/mol. The van der Waals surface area contributed by atoms with E-state index in [1.807, 2.05) is 84.9 Å². The maximum atomic E-state index is 9.88. The van der Waals surface area contributed by atoms with Gasteiger partial charge in [-0.15, -0.1) is 5.56 Å². The number of hydrogen-bond donors (Lipinski definition) is 1.